The van der Waals surface area contributed by atoms with Gasteiger partial charge in [0.05, 0.1) is 23.0 Å². The fourth-order valence-corrected chi connectivity index (χ4v) is 5.16. The van der Waals surface area contributed by atoms with Gasteiger partial charge in [-0.3, -0.25) is 4.79 Å². The van der Waals surface area contributed by atoms with Crippen LogP contribution in [0, 0.1) is 0 Å². The molecule has 2 heterocycles. The van der Waals surface area contributed by atoms with E-state index in [2.05, 4.69) is 25.9 Å². The number of H-pyrrole nitrogens is 1. The minimum absolute atomic E-state index is 0.0490. The Bertz CT molecular complexity index is 1380. The highest BCUT2D eigenvalue weighted by atomic mass is 35.5. The lowest BCUT2D eigenvalue weighted by molar-refractivity contribution is -0.118. The Morgan fingerprint density at radius 1 is 1.13 bits per heavy atom. The van der Waals surface area contributed by atoms with E-state index < -0.39 is 11.7 Å². The zero-order valence-corrected chi connectivity index (χ0v) is 22.6. The number of aromatic nitrogens is 3. The van der Waals surface area contributed by atoms with Crippen LogP contribution < -0.4 is 16.0 Å². The van der Waals surface area contributed by atoms with Crippen LogP contribution in [0.5, 0.6) is 0 Å². The van der Waals surface area contributed by atoms with Crippen molar-refractivity contribution in [3.63, 3.8) is 0 Å². The minimum Gasteiger partial charge on any atom is -0.444 e. The summed E-state index contributed by atoms with van der Waals surface area (Å²) >= 11 is 6.48. The Kier molecular flexibility index (Phi) is 7.29. The second-order valence-corrected chi connectivity index (χ2v) is 11.4. The van der Waals surface area contributed by atoms with Gasteiger partial charge in [0, 0.05) is 46.7 Å². The maximum Gasteiger partial charge on any atom is 0.408 e. The largest absolute Gasteiger partial charge is 0.444 e. The number of hydrogen-bond acceptors (Lipinski definition) is 6. The van der Waals surface area contributed by atoms with Gasteiger partial charge in [-0.15, -0.1) is 0 Å². The second kappa shape index (κ2) is 10.6. The molecule has 10 heteroatoms. The van der Waals surface area contributed by atoms with Gasteiger partial charge < -0.3 is 25.7 Å². The van der Waals surface area contributed by atoms with Gasteiger partial charge in [-0.2, -0.15) is 0 Å². The van der Waals surface area contributed by atoms with Crippen LogP contribution in [0.25, 0.3) is 22.2 Å². The van der Waals surface area contributed by atoms with Crippen molar-refractivity contribution in [2.45, 2.75) is 76.6 Å². The third-order valence-corrected chi connectivity index (χ3v) is 7.04. The van der Waals surface area contributed by atoms with Crippen molar-refractivity contribution < 1.29 is 14.3 Å². The van der Waals surface area contributed by atoms with Gasteiger partial charge >= 0.3 is 6.09 Å². The Balaban J connectivity index is 1.17. The second-order valence-electron chi connectivity index (χ2n) is 11.0. The van der Waals surface area contributed by atoms with Crippen molar-refractivity contribution in [1.29, 1.82) is 0 Å². The van der Waals surface area contributed by atoms with Crippen LogP contribution in [0.3, 0.4) is 0 Å². The summed E-state index contributed by atoms with van der Waals surface area (Å²) in [7, 11) is 0. The standard InChI is InChI=1S/C28H33ClN6O3/c1-28(2,3)38-27(37)34-19-11-16(12-19)25(36)32-17-7-6-8-18(13-17)33-26-31-15-22(29)24(35-26)21-14-30-23-10-5-4-9-20(21)23/h4-5,9-11,14-15,17-19,30H,6-8,12-13H2,1-3H3,(H,32,36)(H,34,37)(H,31,33,35)/t17-,18+,19-/m0/s1. The molecule has 2 aromatic heterocycles. The minimum atomic E-state index is -0.557. The van der Waals surface area contributed by atoms with E-state index in [1.54, 1.807) is 12.3 Å². The van der Waals surface area contributed by atoms with Crippen LogP contribution in [0.1, 0.15) is 52.9 Å². The van der Waals surface area contributed by atoms with E-state index in [-0.39, 0.29) is 24.0 Å². The molecule has 0 bridgehead atoms. The molecular weight excluding hydrogens is 504 g/mol. The van der Waals surface area contributed by atoms with Crippen molar-refractivity contribution in [2.24, 2.45) is 0 Å². The summed E-state index contributed by atoms with van der Waals surface area (Å²) in [5.41, 5.74) is 2.75. The van der Waals surface area contributed by atoms with Crippen LogP contribution in [0.4, 0.5) is 10.7 Å². The average molecular weight is 537 g/mol. The van der Waals surface area contributed by atoms with Gasteiger partial charge in [0.2, 0.25) is 11.9 Å². The number of anilines is 1. The Morgan fingerprint density at radius 3 is 2.68 bits per heavy atom. The molecule has 5 rings (SSSR count). The Morgan fingerprint density at radius 2 is 1.89 bits per heavy atom. The third-order valence-electron chi connectivity index (χ3n) is 6.77. The molecule has 3 aromatic rings. The molecule has 0 radical (unpaired) electrons. The lowest BCUT2D eigenvalue weighted by Gasteiger charge is -2.32. The van der Waals surface area contributed by atoms with Crippen molar-refractivity contribution in [2.75, 3.05) is 5.32 Å². The molecule has 1 fully saturated rings. The molecule has 2 aliphatic rings. The number of nitrogens with one attached hydrogen (secondary N) is 4. The van der Waals surface area contributed by atoms with Crippen molar-refractivity contribution in [3.8, 4) is 11.3 Å². The predicted octanol–water partition coefficient (Wildman–Crippen LogP) is 5.34. The first-order valence-corrected chi connectivity index (χ1v) is 13.4. The highest BCUT2D eigenvalue weighted by molar-refractivity contribution is 6.33. The van der Waals surface area contributed by atoms with E-state index in [4.69, 9.17) is 21.3 Å². The lowest BCUT2D eigenvalue weighted by atomic mass is 9.89. The van der Waals surface area contributed by atoms with Gasteiger partial charge in [0.1, 0.15) is 5.60 Å². The van der Waals surface area contributed by atoms with Crippen molar-refractivity contribution in [3.05, 3.63) is 53.3 Å². The van der Waals surface area contributed by atoms with Crippen molar-refractivity contribution in [1.82, 2.24) is 25.6 Å². The lowest BCUT2D eigenvalue weighted by Crippen LogP contribution is -2.46. The van der Waals surface area contributed by atoms with Gasteiger partial charge in [-0.05, 0) is 52.5 Å². The number of amides is 2. The maximum atomic E-state index is 12.8. The summed E-state index contributed by atoms with van der Waals surface area (Å²) in [6.07, 6.45) is 8.97. The van der Waals surface area contributed by atoms with Gasteiger partial charge in [-0.25, -0.2) is 14.8 Å². The zero-order chi connectivity index (χ0) is 26.9. The molecule has 9 nitrogen and oxygen atoms in total. The molecule has 3 atom stereocenters. The molecule has 1 saturated carbocycles. The normalized spacial score (nSPS) is 21.3. The molecule has 0 spiro atoms. The number of hydrogen-bond donors (Lipinski definition) is 4. The molecular formula is C28H33ClN6O3. The van der Waals surface area contributed by atoms with Crippen LogP contribution in [0.15, 0.2) is 48.3 Å². The molecule has 38 heavy (non-hydrogen) atoms. The molecule has 0 saturated heterocycles. The topological polar surface area (TPSA) is 121 Å². The molecule has 4 N–H and O–H groups in total. The summed E-state index contributed by atoms with van der Waals surface area (Å²) in [5, 5.41) is 10.9. The summed E-state index contributed by atoms with van der Waals surface area (Å²) < 4.78 is 5.27. The van der Waals surface area contributed by atoms with E-state index in [0.29, 0.717) is 28.7 Å². The SMILES string of the molecule is CC(C)(C)OC(=O)N[C@H]1C=C(C(=O)N[C@H]2CCC[C@@H](Nc3ncc(Cl)c(-c4c[nH]c5ccccc45)n3)C2)C1. The number of alkyl carbamates (subject to hydrolysis) is 1. The number of fused-ring (bicyclic) bond motifs is 1. The summed E-state index contributed by atoms with van der Waals surface area (Å²) in [6, 6.07) is 8.02. The number of rotatable bonds is 6. The average Bonchev–Trinajstić information content (AvgIpc) is 3.25. The predicted molar refractivity (Wildman–Crippen MR) is 148 cm³/mol. The first-order valence-electron chi connectivity index (χ1n) is 13.0. The highest BCUT2D eigenvalue weighted by Gasteiger charge is 2.30. The van der Waals surface area contributed by atoms with Gasteiger partial charge in [0.15, 0.2) is 0 Å². The van der Waals surface area contributed by atoms with Crippen LogP contribution in [0.2, 0.25) is 5.02 Å². The Labute approximate surface area is 226 Å². The number of nitrogens with zero attached hydrogens (tertiary/aromatic N) is 2. The van der Waals surface area contributed by atoms with E-state index >= 15 is 0 Å². The quantitative estimate of drug-likeness (QED) is 0.337. The fourth-order valence-electron chi connectivity index (χ4n) is 4.97. The van der Waals surface area contributed by atoms with E-state index in [9.17, 15) is 9.59 Å². The van der Waals surface area contributed by atoms with E-state index in [1.165, 1.54) is 0 Å². The molecule has 1 aromatic carbocycles. The van der Waals surface area contributed by atoms with Gasteiger partial charge in [-0.1, -0.05) is 35.9 Å². The first kappa shape index (κ1) is 26.0. The maximum absolute atomic E-state index is 12.8. The van der Waals surface area contributed by atoms with E-state index in [1.807, 2.05) is 51.2 Å². The van der Waals surface area contributed by atoms with Crippen molar-refractivity contribution >= 4 is 40.5 Å². The zero-order valence-electron chi connectivity index (χ0n) is 21.8. The molecule has 200 valence electrons. The van der Waals surface area contributed by atoms with Crippen LogP contribution in [-0.4, -0.2) is 50.7 Å². The number of halogens is 1. The Hall–Kier alpha value is -3.59. The summed E-state index contributed by atoms with van der Waals surface area (Å²) in [6.45, 7) is 5.45. The van der Waals surface area contributed by atoms with Gasteiger partial charge in [0.25, 0.3) is 0 Å². The monoisotopic (exact) mass is 536 g/mol. The summed E-state index contributed by atoms with van der Waals surface area (Å²) in [4.78, 5) is 37.1. The number of carbonyl (C=O) groups excluding carboxylic acids is 2. The third kappa shape index (κ3) is 6.10. The van der Waals surface area contributed by atoms with Crippen LogP contribution >= 0.6 is 11.6 Å². The first-order chi connectivity index (χ1) is 18.1. The fraction of sp³-hybridized carbons (Fsp3) is 0.429. The number of para-hydroxylation sites is 1. The number of benzene rings is 1. The van der Waals surface area contributed by atoms with Crippen LogP contribution in [-0.2, 0) is 9.53 Å². The van der Waals surface area contributed by atoms with E-state index in [0.717, 1.165) is 42.1 Å². The number of carbonyl (C=O) groups is 2. The smallest absolute Gasteiger partial charge is 0.408 e. The molecule has 2 amide bonds. The summed E-state index contributed by atoms with van der Waals surface area (Å²) in [5.74, 6) is 0.437. The molecule has 0 aliphatic heterocycles. The molecule has 0 unspecified atom stereocenters. The molecule has 2 aliphatic carbocycles. The number of aromatic amines is 1. The highest BCUT2D eigenvalue weighted by Crippen LogP contribution is 2.33. The number of ether oxygens (including phenoxy) is 1.